The highest BCUT2D eigenvalue weighted by molar-refractivity contribution is 6.07. The number of amides is 6. The Bertz CT molecular complexity index is 944. The van der Waals surface area contributed by atoms with Gasteiger partial charge in [0.15, 0.2) is 0 Å². The van der Waals surface area contributed by atoms with Crippen LogP contribution in [0.4, 0.5) is 9.59 Å². The van der Waals surface area contributed by atoms with Crippen molar-refractivity contribution in [2.45, 2.75) is 89.4 Å². The molecule has 2 saturated heterocycles. The summed E-state index contributed by atoms with van der Waals surface area (Å²) < 4.78 is 0. The maximum atomic E-state index is 13.2. The fourth-order valence-electron chi connectivity index (χ4n) is 6.02. The van der Waals surface area contributed by atoms with Crippen LogP contribution in [-0.4, -0.2) is 44.8 Å². The van der Waals surface area contributed by atoms with E-state index >= 15 is 0 Å². The number of urea groups is 2. The Morgan fingerprint density at radius 2 is 1.12 bits per heavy atom. The first-order chi connectivity index (χ1) is 16.2. The SMILES string of the molecule is CC1CCC2(CC1)NC(=O)N(Cc1cccc(CN3C(=O)NC4(CCC(C)CC4)C3=O)c1)C2=O. The molecule has 8 heteroatoms. The Labute approximate surface area is 200 Å². The van der Waals surface area contributed by atoms with Gasteiger partial charge in [-0.15, -0.1) is 0 Å². The van der Waals surface area contributed by atoms with Crippen molar-refractivity contribution in [3.05, 3.63) is 35.4 Å². The summed E-state index contributed by atoms with van der Waals surface area (Å²) in [5, 5.41) is 5.92. The third kappa shape index (κ3) is 3.87. The summed E-state index contributed by atoms with van der Waals surface area (Å²) in [6.07, 6.45) is 6.46. The second-order valence-electron chi connectivity index (χ2n) is 11.0. The molecule has 2 spiro atoms. The fraction of sp³-hybridized carbons (Fsp3) is 0.615. The molecule has 182 valence electrons. The lowest BCUT2D eigenvalue weighted by Gasteiger charge is -2.33. The van der Waals surface area contributed by atoms with Crippen molar-refractivity contribution in [2.75, 3.05) is 0 Å². The van der Waals surface area contributed by atoms with Gasteiger partial charge in [-0.2, -0.15) is 0 Å². The predicted molar refractivity (Wildman–Crippen MR) is 125 cm³/mol. The number of carbonyl (C=O) groups is 4. The maximum Gasteiger partial charge on any atom is 0.325 e. The molecule has 0 bridgehead atoms. The van der Waals surface area contributed by atoms with Gasteiger partial charge < -0.3 is 10.6 Å². The highest BCUT2D eigenvalue weighted by Crippen LogP contribution is 2.38. The zero-order valence-corrected chi connectivity index (χ0v) is 20.1. The first-order valence-corrected chi connectivity index (χ1v) is 12.6. The molecule has 8 nitrogen and oxygen atoms in total. The van der Waals surface area contributed by atoms with Crippen LogP contribution in [0, 0.1) is 11.8 Å². The van der Waals surface area contributed by atoms with E-state index < -0.39 is 11.1 Å². The maximum absolute atomic E-state index is 13.2. The fourth-order valence-corrected chi connectivity index (χ4v) is 6.02. The molecule has 5 rings (SSSR count). The van der Waals surface area contributed by atoms with E-state index in [1.165, 1.54) is 9.80 Å². The normalized spacial score (nSPS) is 33.7. The van der Waals surface area contributed by atoms with E-state index in [0.29, 0.717) is 37.5 Å². The van der Waals surface area contributed by atoms with Gasteiger partial charge in [0.1, 0.15) is 11.1 Å². The number of hydrogen-bond acceptors (Lipinski definition) is 4. The lowest BCUT2D eigenvalue weighted by atomic mass is 9.77. The van der Waals surface area contributed by atoms with E-state index in [0.717, 1.165) is 36.8 Å². The molecule has 0 radical (unpaired) electrons. The Morgan fingerprint density at radius 1 is 0.735 bits per heavy atom. The van der Waals surface area contributed by atoms with Crippen LogP contribution in [0.1, 0.15) is 76.3 Å². The molecule has 1 aromatic rings. The van der Waals surface area contributed by atoms with Crippen molar-refractivity contribution >= 4 is 23.9 Å². The van der Waals surface area contributed by atoms with Crippen LogP contribution in [-0.2, 0) is 22.7 Å². The topological polar surface area (TPSA) is 98.8 Å². The highest BCUT2D eigenvalue weighted by Gasteiger charge is 2.53. The number of rotatable bonds is 4. The van der Waals surface area contributed by atoms with Gasteiger partial charge in [0, 0.05) is 0 Å². The summed E-state index contributed by atoms with van der Waals surface area (Å²) in [4.78, 5) is 54.3. The molecule has 4 fully saturated rings. The van der Waals surface area contributed by atoms with E-state index in [4.69, 9.17) is 0 Å². The van der Waals surface area contributed by atoms with Crippen LogP contribution in [0.25, 0.3) is 0 Å². The van der Waals surface area contributed by atoms with Crippen LogP contribution in [0.2, 0.25) is 0 Å². The molecule has 34 heavy (non-hydrogen) atoms. The van der Waals surface area contributed by atoms with Crippen LogP contribution < -0.4 is 10.6 Å². The summed E-state index contributed by atoms with van der Waals surface area (Å²) in [6.45, 7) is 4.72. The smallest absolute Gasteiger partial charge is 0.323 e. The Kier molecular flexibility index (Phi) is 5.65. The summed E-state index contributed by atoms with van der Waals surface area (Å²) >= 11 is 0. The number of benzene rings is 1. The summed E-state index contributed by atoms with van der Waals surface area (Å²) in [5.74, 6) is 0.861. The molecule has 0 unspecified atom stereocenters. The van der Waals surface area contributed by atoms with Crippen LogP contribution in [0.5, 0.6) is 0 Å². The second-order valence-corrected chi connectivity index (χ2v) is 11.0. The zero-order chi connectivity index (χ0) is 24.1. The van der Waals surface area contributed by atoms with Crippen LogP contribution >= 0.6 is 0 Å². The number of imide groups is 2. The molecule has 2 saturated carbocycles. The van der Waals surface area contributed by atoms with Gasteiger partial charge in [0.2, 0.25) is 0 Å². The minimum Gasteiger partial charge on any atom is -0.323 e. The van der Waals surface area contributed by atoms with Gasteiger partial charge in [-0.1, -0.05) is 38.1 Å². The molecule has 2 N–H and O–H groups in total. The van der Waals surface area contributed by atoms with E-state index in [9.17, 15) is 19.2 Å². The van der Waals surface area contributed by atoms with E-state index in [1.54, 1.807) is 0 Å². The molecule has 1 aromatic carbocycles. The average Bonchev–Trinajstić information content (AvgIpc) is 3.18. The van der Waals surface area contributed by atoms with E-state index in [2.05, 4.69) is 24.5 Å². The number of nitrogens with one attached hydrogen (secondary N) is 2. The monoisotopic (exact) mass is 466 g/mol. The van der Waals surface area contributed by atoms with Gasteiger partial charge in [-0.25, -0.2) is 9.59 Å². The van der Waals surface area contributed by atoms with Crippen molar-refractivity contribution in [2.24, 2.45) is 11.8 Å². The molecule has 0 aromatic heterocycles. The van der Waals surface area contributed by atoms with Gasteiger partial charge >= 0.3 is 12.1 Å². The van der Waals surface area contributed by atoms with Crippen molar-refractivity contribution in [3.63, 3.8) is 0 Å². The van der Waals surface area contributed by atoms with Gasteiger partial charge in [-0.05, 0) is 74.3 Å². The van der Waals surface area contributed by atoms with E-state index in [-0.39, 0.29) is 37.0 Å². The van der Waals surface area contributed by atoms with Crippen molar-refractivity contribution < 1.29 is 19.2 Å². The van der Waals surface area contributed by atoms with E-state index in [1.807, 2.05) is 24.3 Å². The van der Waals surface area contributed by atoms with Crippen molar-refractivity contribution in [3.8, 4) is 0 Å². The second kappa shape index (κ2) is 8.40. The quantitative estimate of drug-likeness (QED) is 0.661. The Hall–Kier alpha value is -2.90. The molecule has 4 aliphatic rings. The molecule has 2 heterocycles. The summed E-state index contributed by atoms with van der Waals surface area (Å²) in [6, 6.07) is 6.78. The molecular weight excluding hydrogens is 432 g/mol. The lowest BCUT2D eigenvalue weighted by molar-refractivity contribution is -0.133. The number of nitrogens with zero attached hydrogens (tertiary/aromatic N) is 2. The van der Waals surface area contributed by atoms with Gasteiger partial charge in [0.25, 0.3) is 11.8 Å². The summed E-state index contributed by atoms with van der Waals surface area (Å²) in [7, 11) is 0. The summed E-state index contributed by atoms with van der Waals surface area (Å²) in [5.41, 5.74) is 0.0890. The highest BCUT2D eigenvalue weighted by atomic mass is 16.2. The zero-order valence-electron chi connectivity index (χ0n) is 20.1. The van der Waals surface area contributed by atoms with Gasteiger partial charge in [-0.3, -0.25) is 19.4 Å². The van der Waals surface area contributed by atoms with Crippen LogP contribution in [0.15, 0.2) is 24.3 Å². The first-order valence-electron chi connectivity index (χ1n) is 12.6. The molecule has 2 aliphatic carbocycles. The standard InChI is InChI=1S/C26H34N4O4/c1-17-6-10-25(11-7-17)21(31)29(23(33)27-25)15-19-4-3-5-20(14-19)16-30-22(32)26(28-24(30)34)12-8-18(2)9-13-26/h3-5,14,17-18H,6-13,15-16H2,1-2H3,(H,27,33)(H,28,34). The predicted octanol–water partition coefficient (Wildman–Crippen LogP) is 3.69. The third-order valence-corrected chi connectivity index (χ3v) is 8.42. The Morgan fingerprint density at radius 3 is 1.50 bits per heavy atom. The average molecular weight is 467 g/mol. The third-order valence-electron chi connectivity index (χ3n) is 8.42. The number of carbonyl (C=O) groups excluding carboxylic acids is 4. The molecular formula is C26H34N4O4. The first kappa shape index (κ1) is 22.9. The molecule has 0 atom stereocenters. The molecule has 2 aliphatic heterocycles. The van der Waals surface area contributed by atoms with Crippen molar-refractivity contribution in [1.29, 1.82) is 0 Å². The molecule has 6 amide bonds. The Balaban J connectivity index is 1.27. The largest absolute Gasteiger partial charge is 0.325 e. The van der Waals surface area contributed by atoms with Gasteiger partial charge in [0.05, 0.1) is 13.1 Å². The minimum absolute atomic E-state index is 0.141. The van der Waals surface area contributed by atoms with Crippen LogP contribution in [0.3, 0.4) is 0 Å². The lowest BCUT2D eigenvalue weighted by Crippen LogP contribution is -2.49. The minimum atomic E-state index is -0.757. The number of hydrogen-bond donors (Lipinski definition) is 2. The van der Waals surface area contributed by atoms with Crippen molar-refractivity contribution in [1.82, 2.24) is 20.4 Å².